The lowest BCUT2D eigenvalue weighted by molar-refractivity contribution is 0.133. The summed E-state index contributed by atoms with van der Waals surface area (Å²) in [6, 6.07) is 1.08. The van der Waals surface area contributed by atoms with E-state index in [2.05, 4.69) is 15.5 Å². The number of nitrogens with zero attached hydrogens (tertiary/aromatic N) is 1. The summed E-state index contributed by atoms with van der Waals surface area (Å²) in [7, 11) is 0. The third-order valence-electron chi connectivity index (χ3n) is 4.14. The molecule has 0 spiro atoms. The van der Waals surface area contributed by atoms with Crippen molar-refractivity contribution in [1.29, 1.82) is 0 Å². The molecule has 3 fully saturated rings. The number of fused-ring (bicyclic) bond motifs is 1. The minimum absolute atomic E-state index is 0.173. The van der Waals surface area contributed by atoms with Crippen LogP contribution >= 0.6 is 0 Å². The molecule has 0 bridgehead atoms. The Morgan fingerprint density at radius 3 is 3.00 bits per heavy atom. The summed E-state index contributed by atoms with van der Waals surface area (Å²) >= 11 is 0. The standard InChI is InChI=1S/C11H19N3O/c15-11-13-10-3-1-2-8(10)7-14(11)9-4-5-12-6-9/h8-10,12H,1-7H2,(H,13,15). The van der Waals surface area contributed by atoms with Crippen molar-refractivity contribution in [3.05, 3.63) is 0 Å². The molecule has 3 aliphatic rings. The van der Waals surface area contributed by atoms with E-state index in [9.17, 15) is 4.79 Å². The number of hydrogen-bond acceptors (Lipinski definition) is 2. The number of urea groups is 1. The normalized spacial score (nSPS) is 40.4. The van der Waals surface area contributed by atoms with Crippen molar-refractivity contribution in [1.82, 2.24) is 15.5 Å². The van der Waals surface area contributed by atoms with Crippen molar-refractivity contribution in [2.45, 2.75) is 37.8 Å². The van der Waals surface area contributed by atoms with Crippen LogP contribution < -0.4 is 10.6 Å². The fraction of sp³-hybridized carbons (Fsp3) is 0.909. The highest BCUT2D eigenvalue weighted by molar-refractivity contribution is 5.76. The van der Waals surface area contributed by atoms with Gasteiger partial charge in [-0.2, -0.15) is 0 Å². The fourth-order valence-corrected chi connectivity index (χ4v) is 3.24. The average molecular weight is 209 g/mol. The van der Waals surface area contributed by atoms with Gasteiger partial charge in [0.2, 0.25) is 0 Å². The lowest BCUT2D eigenvalue weighted by atomic mass is 9.99. The summed E-state index contributed by atoms with van der Waals surface area (Å²) < 4.78 is 0. The summed E-state index contributed by atoms with van der Waals surface area (Å²) in [4.78, 5) is 14.0. The molecule has 2 heterocycles. The lowest BCUT2D eigenvalue weighted by Crippen LogP contribution is -2.58. The Labute approximate surface area is 90.4 Å². The Morgan fingerprint density at radius 2 is 2.20 bits per heavy atom. The number of amides is 2. The van der Waals surface area contributed by atoms with Crippen LogP contribution in [-0.2, 0) is 0 Å². The molecule has 3 rings (SSSR count). The van der Waals surface area contributed by atoms with E-state index in [0.29, 0.717) is 18.0 Å². The first-order valence-corrected chi connectivity index (χ1v) is 6.12. The van der Waals surface area contributed by atoms with Crippen LogP contribution in [0.5, 0.6) is 0 Å². The number of carbonyl (C=O) groups excluding carboxylic acids is 1. The van der Waals surface area contributed by atoms with Gasteiger partial charge in [-0.25, -0.2) is 4.79 Å². The maximum atomic E-state index is 11.9. The van der Waals surface area contributed by atoms with Gasteiger partial charge < -0.3 is 15.5 Å². The molecule has 2 amide bonds. The molecule has 2 saturated heterocycles. The zero-order valence-corrected chi connectivity index (χ0v) is 9.04. The highest BCUT2D eigenvalue weighted by atomic mass is 16.2. The van der Waals surface area contributed by atoms with Gasteiger partial charge in [0.05, 0.1) is 0 Å². The lowest BCUT2D eigenvalue weighted by Gasteiger charge is -2.39. The van der Waals surface area contributed by atoms with E-state index in [1.54, 1.807) is 0 Å². The van der Waals surface area contributed by atoms with Crippen LogP contribution in [0.1, 0.15) is 25.7 Å². The molecule has 2 aliphatic heterocycles. The first-order valence-electron chi connectivity index (χ1n) is 6.12. The molecule has 84 valence electrons. The molecule has 3 atom stereocenters. The van der Waals surface area contributed by atoms with Crippen molar-refractivity contribution in [3.8, 4) is 0 Å². The Bertz CT molecular complexity index is 263. The molecular formula is C11H19N3O. The van der Waals surface area contributed by atoms with Crippen LogP contribution in [-0.4, -0.2) is 42.6 Å². The molecule has 15 heavy (non-hydrogen) atoms. The van der Waals surface area contributed by atoms with Gasteiger partial charge >= 0.3 is 6.03 Å². The zero-order chi connectivity index (χ0) is 10.3. The van der Waals surface area contributed by atoms with E-state index in [1.165, 1.54) is 19.3 Å². The van der Waals surface area contributed by atoms with Gasteiger partial charge in [-0.3, -0.25) is 0 Å². The molecule has 4 nitrogen and oxygen atoms in total. The SMILES string of the molecule is O=C1NC2CCCC2CN1C1CCNC1. The summed E-state index contributed by atoms with van der Waals surface area (Å²) in [5.74, 6) is 0.711. The Kier molecular flexibility index (Phi) is 2.31. The van der Waals surface area contributed by atoms with Crippen LogP contribution in [0.15, 0.2) is 0 Å². The van der Waals surface area contributed by atoms with Gasteiger partial charge in [0, 0.05) is 25.2 Å². The van der Waals surface area contributed by atoms with Gasteiger partial charge in [-0.1, -0.05) is 6.42 Å². The predicted octanol–water partition coefficient (Wildman–Crippen LogP) is 0.542. The van der Waals surface area contributed by atoms with Gasteiger partial charge in [-0.05, 0) is 31.7 Å². The highest BCUT2D eigenvalue weighted by Crippen LogP contribution is 2.30. The topological polar surface area (TPSA) is 44.4 Å². The predicted molar refractivity (Wildman–Crippen MR) is 57.6 cm³/mol. The Balaban J connectivity index is 1.70. The van der Waals surface area contributed by atoms with E-state index in [0.717, 1.165) is 26.1 Å². The first kappa shape index (κ1) is 9.46. The second-order valence-electron chi connectivity index (χ2n) is 5.05. The second kappa shape index (κ2) is 3.67. The highest BCUT2D eigenvalue weighted by Gasteiger charge is 2.39. The van der Waals surface area contributed by atoms with Crippen LogP contribution in [0.2, 0.25) is 0 Å². The van der Waals surface area contributed by atoms with Crippen molar-refractivity contribution < 1.29 is 4.79 Å². The van der Waals surface area contributed by atoms with Crippen LogP contribution in [0, 0.1) is 5.92 Å². The number of nitrogens with one attached hydrogen (secondary N) is 2. The molecule has 0 radical (unpaired) electrons. The van der Waals surface area contributed by atoms with Crippen molar-refractivity contribution in [2.75, 3.05) is 19.6 Å². The molecule has 1 saturated carbocycles. The van der Waals surface area contributed by atoms with Crippen LogP contribution in [0.4, 0.5) is 4.79 Å². The van der Waals surface area contributed by atoms with Gasteiger partial charge in [0.25, 0.3) is 0 Å². The van der Waals surface area contributed by atoms with Gasteiger partial charge in [0.1, 0.15) is 0 Å². The van der Waals surface area contributed by atoms with E-state index < -0.39 is 0 Å². The molecular weight excluding hydrogens is 190 g/mol. The molecule has 2 N–H and O–H groups in total. The average Bonchev–Trinajstić information content (AvgIpc) is 2.85. The molecule has 1 aliphatic carbocycles. The third-order valence-corrected chi connectivity index (χ3v) is 4.14. The third kappa shape index (κ3) is 1.61. The molecule has 4 heteroatoms. The number of hydrogen-bond donors (Lipinski definition) is 2. The maximum absolute atomic E-state index is 11.9. The van der Waals surface area contributed by atoms with Crippen LogP contribution in [0.3, 0.4) is 0 Å². The van der Waals surface area contributed by atoms with E-state index in [-0.39, 0.29) is 6.03 Å². The maximum Gasteiger partial charge on any atom is 0.317 e. The smallest absolute Gasteiger partial charge is 0.317 e. The minimum Gasteiger partial charge on any atom is -0.335 e. The zero-order valence-electron chi connectivity index (χ0n) is 9.04. The number of carbonyl (C=O) groups is 1. The van der Waals surface area contributed by atoms with E-state index >= 15 is 0 Å². The van der Waals surface area contributed by atoms with E-state index in [1.807, 2.05) is 0 Å². The fourth-order valence-electron chi connectivity index (χ4n) is 3.24. The van der Waals surface area contributed by atoms with Gasteiger partial charge in [0.15, 0.2) is 0 Å². The van der Waals surface area contributed by atoms with Crippen molar-refractivity contribution >= 4 is 6.03 Å². The quantitative estimate of drug-likeness (QED) is 0.662. The Morgan fingerprint density at radius 1 is 1.27 bits per heavy atom. The summed E-state index contributed by atoms with van der Waals surface area (Å²) in [5.41, 5.74) is 0. The van der Waals surface area contributed by atoms with Gasteiger partial charge in [-0.15, -0.1) is 0 Å². The summed E-state index contributed by atoms with van der Waals surface area (Å²) in [6.45, 7) is 3.02. The van der Waals surface area contributed by atoms with E-state index in [4.69, 9.17) is 0 Å². The molecule has 0 aromatic rings. The van der Waals surface area contributed by atoms with Crippen LogP contribution in [0.25, 0.3) is 0 Å². The monoisotopic (exact) mass is 209 g/mol. The molecule has 3 unspecified atom stereocenters. The minimum atomic E-state index is 0.173. The van der Waals surface area contributed by atoms with Crippen molar-refractivity contribution in [2.24, 2.45) is 5.92 Å². The number of rotatable bonds is 1. The molecule has 0 aromatic carbocycles. The van der Waals surface area contributed by atoms with Crippen molar-refractivity contribution in [3.63, 3.8) is 0 Å². The largest absolute Gasteiger partial charge is 0.335 e. The molecule has 0 aromatic heterocycles. The summed E-state index contributed by atoms with van der Waals surface area (Å²) in [5, 5.41) is 6.49. The Hall–Kier alpha value is -0.770. The first-order chi connectivity index (χ1) is 7.34. The summed E-state index contributed by atoms with van der Waals surface area (Å²) in [6.07, 6.45) is 4.88. The second-order valence-corrected chi connectivity index (χ2v) is 5.05.